The molecule has 2 aliphatic heterocycles. The van der Waals surface area contributed by atoms with E-state index in [0.29, 0.717) is 38.8 Å². The van der Waals surface area contributed by atoms with E-state index < -0.39 is 65.8 Å². The van der Waals surface area contributed by atoms with Crippen molar-refractivity contribution in [1.82, 2.24) is 25.8 Å². The second kappa shape index (κ2) is 18.5. The van der Waals surface area contributed by atoms with Gasteiger partial charge in [0.05, 0.1) is 6.04 Å². The van der Waals surface area contributed by atoms with E-state index >= 15 is 0 Å². The number of carbonyl (C=O) groups excluding carboxylic acids is 6. The topological polar surface area (TPSA) is 234 Å². The van der Waals surface area contributed by atoms with Crippen LogP contribution >= 0.6 is 0 Å². The maximum absolute atomic E-state index is 13.9. The summed E-state index contributed by atoms with van der Waals surface area (Å²) in [6.45, 7) is 8.07. The Morgan fingerprint density at radius 1 is 0.820 bits per heavy atom. The number of rotatable bonds is 17. The van der Waals surface area contributed by atoms with Crippen molar-refractivity contribution in [2.45, 2.75) is 115 Å². The van der Waals surface area contributed by atoms with Gasteiger partial charge >= 0.3 is 5.97 Å². The summed E-state index contributed by atoms with van der Waals surface area (Å²) in [6.07, 6.45) is 1.78. The summed E-state index contributed by atoms with van der Waals surface area (Å²) in [7, 11) is 0. The molecule has 2 aliphatic rings. The maximum Gasteiger partial charge on any atom is 0.326 e. The van der Waals surface area contributed by atoms with Crippen molar-refractivity contribution >= 4 is 41.4 Å². The first kappa shape index (κ1) is 39.9. The number of carboxylic acid groups (broad SMARTS) is 1. The molecule has 3 rings (SSSR count). The van der Waals surface area contributed by atoms with Crippen LogP contribution < -0.4 is 27.4 Å². The maximum atomic E-state index is 13.9. The number of nitrogens with two attached hydrogens (primary N) is 2. The van der Waals surface area contributed by atoms with Crippen LogP contribution in [-0.4, -0.2) is 106 Å². The zero-order chi connectivity index (χ0) is 37.1. The number of aliphatic carboxylic acids is 1. The van der Waals surface area contributed by atoms with Crippen LogP contribution in [0.3, 0.4) is 0 Å². The first-order valence-electron chi connectivity index (χ1n) is 17.4. The predicted molar refractivity (Wildman–Crippen MR) is 184 cm³/mol. The number of hydrogen-bond donors (Lipinski definition) is 6. The number of benzene rings is 1. The summed E-state index contributed by atoms with van der Waals surface area (Å²) in [4.78, 5) is 94.0. The molecule has 276 valence electrons. The molecule has 1 aromatic carbocycles. The summed E-state index contributed by atoms with van der Waals surface area (Å²) < 4.78 is 0. The minimum absolute atomic E-state index is 0.0729. The second-order valence-corrected chi connectivity index (χ2v) is 14.0. The Morgan fingerprint density at radius 2 is 1.40 bits per heavy atom. The summed E-state index contributed by atoms with van der Waals surface area (Å²) in [5.41, 5.74) is 12.0. The van der Waals surface area contributed by atoms with E-state index in [1.165, 1.54) is 9.80 Å². The Labute approximate surface area is 293 Å². The molecule has 0 radical (unpaired) electrons. The first-order chi connectivity index (χ1) is 23.6. The minimum Gasteiger partial charge on any atom is -0.480 e. The van der Waals surface area contributed by atoms with Crippen LogP contribution in [0.2, 0.25) is 0 Å². The van der Waals surface area contributed by atoms with E-state index in [1.807, 2.05) is 33.8 Å². The van der Waals surface area contributed by atoms with Crippen LogP contribution in [0.5, 0.6) is 0 Å². The molecule has 8 N–H and O–H groups in total. The van der Waals surface area contributed by atoms with Crippen LogP contribution in [-0.2, 0) is 40.0 Å². The van der Waals surface area contributed by atoms with Crippen molar-refractivity contribution in [2.24, 2.45) is 23.3 Å². The van der Waals surface area contributed by atoms with Crippen LogP contribution in [0.15, 0.2) is 30.3 Å². The van der Waals surface area contributed by atoms with Gasteiger partial charge in [-0.05, 0) is 55.9 Å². The van der Waals surface area contributed by atoms with Gasteiger partial charge in [-0.15, -0.1) is 0 Å². The summed E-state index contributed by atoms with van der Waals surface area (Å²) >= 11 is 0. The fourth-order valence-electron chi connectivity index (χ4n) is 6.38. The summed E-state index contributed by atoms with van der Waals surface area (Å²) in [5.74, 6) is -4.85. The molecule has 6 amide bonds. The van der Waals surface area contributed by atoms with Crippen molar-refractivity contribution in [2.75, 3.05) is 13.1 Å². The highest BCUT2D eigenvalue weighted by atomic mass is 16.4. The van der Waals surface area contributed by atoms with Gasteiger partial charge < -0.3 is 42.3 Å². The van der Waals surface area contributed by atoms with E-state index in [1.54, 1.807) is 24.3 Å². The number of primary amides is 1. The molecule has 2 fully saturated rings. The van der Waals surface area contributed by atoms with Gasteiger partial charge in [0.2, 0.25) is 35.4 Å². The number of nitrogens with one attached hydrogen (secondary N) is 3. The van der Waals surface area contributed by atoms with Gasteiger partial charge in [-0.1, -0.05) is 58.0 Å². The molecule has 15 nitrogen and oxygen atoms in total. The van der Waals surface area contributed by atoms with Crippen molar-refractivity contribution in [3.05, 3.63) is 35.9 Å². The third-order valence-corrected chi connectivity index (χ3v) is 9.21. The summed E-state index contributed by atoms with van der Waals surface area (Å²) in [5, 5.41) is 17.5. The van der Waals surface area contributed by atoms with E-state index in [2.05, 4.69) is 16.0 Å². The average Bonchev–Trinajstić information content (AvgIpc) is 3.76. The molecule has 2 saturated heterocycles. The molecule has 0 saturated carbocycles. The highest BCUT2D eigenvalue weighted by Crippen LogP contribution is 2.26. The lowest BCUT2D eigenvalue weighted by Crippen LogP contribution is -2.59. The van der Waals surface area contributed by atoms with Crippen molar-refractivity contribution in [3.63, 3.8) is 0 Å². The van der Waals surface area contributed by atoms with Gasteiger partial charge in [0.15, 0.2) is 0 Å². The smallest absolute Gasteiger partial charge is 0.326 e. The van der Waals surface area contributed by atoms with E-state index in [0.717, 1.165) is 5.56 Å². The Bertz CT molecular complexity index is 1390. The lowest BCUT2D eigenvalue weighted by molar-refractivity contribution is -0.147. The highest BCUT2D eigenvalue weighted by Gasteiger charge is 2.44. The molecule has 15 heteroatoms. The van der Waals surface area contributed by atoms with E-state index in [-0.39, 0.29) is 49.3 Å². The van der Waals surface area contributed by atoms with Crippen molar-refractivity contribution in [1.29, 1.82) is 0 Å². The van der Waals surface area contributed by atoms with Gasteiger partial charge in [0.1, 0.15) is 30.2 Å². The first-order valence-corrected chi connectivity index (χ1v) is 17.4. The number of nitrogens with zero attached hydrogens (tertiary/aromatic N) is 2. The Hall–Kier alpha value is -4.53. The van der Waals surface area contributed by atoms with Gasteiger partial charge in [0.25, 0.3) is 0 Å². The average molecular weight is 700 g/mol. The third kappa shape index (κ3) is 11.0. The predicted octanol–water partition coefficient (Wildman–Crippen LogP) is 0.0450. The Kier molecular flexibility index (Phi) is 14.7. The molecule has 6 unspecified atom stereocenters. The fourth-order valence-corrected chi connectivity index (χ4v) is 6.38. The zero-order valence-corrected chi connectivity index (χ0v) is 29.4. The molecular formula is C35H53N7O8. The third-order valence-electron chi connectivity index (χ3n) is 9.21. The molecule has 0 bridgehead atoms. The number of hydrogen-bond acceptors (Lipinski definition) is 8. The number of carbonyl (C=O) groups is 7. The van der Waals surface area contributed by atoms with Crippen LogP contribution in [0.1, 0.15) is 78.2 Å². The standard InChI is InChI=1S/C35H53N7O8/c1-20(2)18-24(30(44)38-23(35(49)50)14-15-28(36)43)39-31(45)25(19-22-10-6-5-7-11-22)40-32(46)26-12-8-16-41(26)33(47)27-13-9-17-42(27)34(48)29(37)21(3)4/h5-7,10-11,20-21,23-27,29H,8-9,12-19,37H2,1-4H3,(H2,36,43)(H,38,44)(H,39,45)(H,40,46)(H,49,50). The molecule has 2 heterocycles. The van der Waals surface area contributed by atoms with Crippen LogP contribution in [0.25, 0.3) is 0 Å². The number of amides is 6. The van der Waals surface area contributed by atoms with Gasteiger partial charge in [-0.3, -0.25) is 28.8 Å². The van der Waals surface area contributed by atoms with Gasteiger partial charge in [0, 0.05) is 25.9 Å². The largest absolute Gasteiger partial charge is 0.480 e. The minimum atomic E-state index is -1.40. The molecular weight excluding hydrogens is 646 g/mol. The highest BCUT2D eigenvalue weighted by molar-refractivity contribution is 5.97. The Balaban J connectivity index is 1.80. The molecule has 0 aliphatic carbocycles. The Morgan fingerprint density at radius 3 is 1.98 bits per heavy atom. The van der Waals surface area contributed by atoms with Crippen molar-refractivity contribution in [3.8, 4) is 0 Å². The van der Waals surface area contributed by atoms with E-state index in [4.69, 9.17) is 11.5 Å². The van der Waals surface area contributed by atoms with Gasteiger partial charge in [-0.25, -0.2) is 4.79 Å². The fraction of sp³-hybridized carbons (Fsp3) is 0.629. The normalized spacial score (nSPS) is 19.8. The second-order valence-electron chi connectivity index (χ2n) is 14.0. The SMILES string of the molecule is CC(C)CC(NC(=O)C(Cc1ccccc1)NC(=O)C1CCCN1C(=O)C1CCCN1C(=O)C(N)C(C)C)C(=O)NC(CCC(N)=O)C(=O)O. The van der Waals surface area contributed by atoms with Crippen LogP contribution in [0.4, 0.5) is 0 Å². The lowest BCUT2D eigenvalue weighted by Gasteiger charge is -2.33. The van der Waals surface area contributed by atoms with Crippen LogP contribution in [0, 0.1) is 11.8 Å². The molecule has 1 aromatic rings. The molecule has 0 spiro atoms. The van der Waals surface area contributed by atoms with Gasteiger partial charge in [-0.2, -0.15) is 0 Å². The quantitative estimate of drug-likeness (QED) is 0.129. The van der Waals surface area contributed by atoms with Crippen molar-refractivity contribution < 1.29 is 38.7 Å². The molecule has 50 heavy (non-hydrogen) atoms. The van der Waals surface area contributed by atoms with E-state index in [9.17, 15) is 38.7 Å². The monoisotopic (exact) mass is 699 g/mol. The number of carboxylic acids is 1. The number of likely N-dealkylation sites (tertiary alicyclic amines) is 2. The molecule has 6 atom stereocenters. The zero-order valence-electron chi connectivity index (χ0n) is 29.4. The molecule has 0 aromatic heterocycles. The summed E-state index contributed by atoms with van der Waals surface area (Å²) in [6, 6.07) is 2.92. The lowest BCUT2D eigenvalue weighted by atomic mass is 10.00.